The molecule has 0 spiro atoms. The smallest absolute Gasteiger partial charge is 0.326 e. The first-order valence-corrected chi connectivity index (χ1v) is 18.3. The summed E-state index contributed by atoms with van der Waals surface area (Å²) in [7, 11) is 0. The van der Waals surface area contributed by atoms with Crippen LogP contribution in [0.5, 0.6) is 0 Å². The number of carboxylic acid groups (broad SMARTS) is 1. The summed E-state index contributed by atoms with van der Waals surface area (Å²) >= 11 is 0. The third-order valence-electron chi connectivity index (χ3n) is 9.48. The van der Waals surface area contributed by atoms with Crippen molar-refractivity contribution in [3.8, 4) is 0 Å². The number of imidazole rings is 2. The molecule has 4 heterocycles. The van der Waals surface area contributed by atoms with Crippen molar-refractivity contribution in [1.29, 1.82) is 0 Å². The van der Waals surface area contributed by atoms with Crippen molar-refractivity contribution in [2.24, 2.45) is 28.1 Å². The monoisotopic (exact) mass is 755 g/mol. The number of guanidine groups is 1. The maximum absolute atomic E-state index is 14.1. The lowest BCUT2D eigenvalue weighted by molar-refractivity contribution is -0.145. The minimum absolute atomic E-state index is 0.00860. The van der Waals surface area contributed by atoms with E-state index in [1.807, 2.05) is 13.8 Å². The molecule has 2 aromatic rings. The summed E-state index contributed by atoms with van der Waals surface area (Å²) in [5.74, 6) is -4.11. The van der Waals surface area contributed by atoms with E-state index in [-0.39, 0.29) is 50.7 Å². The zero-order valence-electron chi connectivity index (χ0n) is 30.7. The van der Waals surface area contributed by atoms with Crippen LogP contribution >= 0.6 is 0 Å². The number of aromatic amines is 2. The van der Waals surface area contributed by atoms with Crippen LogP contribution in [0.15, 0.2) is 30.0 Å². The lowest BCUT2D eigenvalue weighted by Crippen LogP contribution is -2.59. The average Bonchev–Trinajstić information content (AvgIpc) is 3.96. The molecule has 2 aliphatic heterocycles. The molecule has 4 rings (SSSR count). The molecule has 0 saturated carbocycles. The Hall–Kier alpha value is -5.53. The summed E-state index contributed by atoms with van der Waals surface area (Å²) < 4.78 is 0. The van der Waals surface area contributed by atoms with Crippen molar-refractivity contribution in [1.82, 2.24) is 45.7 Å². The summed E-state index contributed by atoms with van der Waals surface area (Å²) in [6.07, 6.45) is 8.57. The molecule has 2 fully saturated rings. The number of amides is 5. The van der Waals surface area contributed by atoms with Crippen LogP contribution in [0.3, 0.4) is 0 Å². The number of H-pyrrole nitrogens is 2. The van der Waals surface area contributed by atoms with Gasteiger partial charge in [-0.1, -0.05) is 13.8 Å². The van der Waals surface area contributed by atoms with Gasteiger partial charge in [0.25, 0.3) is 0 Å². The van der Waals surface area contributed by atoms with Gasteiger partial charge in [0.15, 0.2) is 5.96 Å². The number of nitrogens with zero attached hydrogens (tertiary/aromatic N) is 5. The summed E-state index contributed by atoms with van der Waals surface area (Å²) in [4.78, 5) is 101. The number of carboxylic acids is 1. The highest BCUT2D eigenvalue weighted by Crippen LogP contribution is 2.22. The number of nitrogens with one attached hydrogen (secondary N) is 5. The minimum Gasteiger partial charge on any atom is -0.480 e. The molecular weight excluding hydrogens is 702 g/mol. The fourth-order valence-corrected chi connectivity index (χ4v) is 6.83. The first-order chi connectivity index (χ1) is 25.7. The van der Waals surface area contributed by atoms with E-state index in [4.69, 9.17) is 17.2 Å². The molecule has 0 aliphatic carbocycles. The number of aliphatic imine (C=N–C) groups is 1. The molecule has 0 unspecified atom stereocenters. The second-order valence-corrected chi connectivity index (χ2v) is 14.1. The molecule has 2 aromatic heterocycles. The lowest BCUT2D eigenvalue weighted by atomic mass is 10.0. The number of carbonyl (C=O) groups excluding carboxylic acids is 5. The number of aromatic nitrogens is 4. The lowest BCUT2D eigenvalue weighted by Gasteiger charge is -2.31. The van der Waals surface area contributed by atoms with Gasteiger partial charge in [-0.25, -0.2) is 14.8 Å². The highest BCUT2D eigenvalue weighted by molar-refractivity contribution is 5.97. The molecule has 296 valence electrons. The van der Waals surface area contributed by atoms with Gasteiger partial charge in [0, 0.05) is 56.3 Å². The van der Waals surface area contributed by atoms with Crippen LogP contribution in [-0.4, -0.2) is 132 Å². The third kappa shape index (κ3) is 11.5. The van der Waals surface area contributed by atoms with Gasteiger partial charge in [-0.2, -0.15) is 0 Å². The fourth-order valence-electron chi connectivity index (χ4n) is 6.83. The summed E-state index contributed by atoms with van der Waals surface area (Å²) in [5.41, 5.74) is 18.1. The van der Waals surface area contributed by atoms with E-state index in [1.165, 1.54) is 28.7 Å². The predicted molar refractivity (Wildman–Crippen MR) is 195 cm³/mol. The van der Waals surface area contributed by atoms with Gasteiger partial charge in [0.1, 0.15) is 30.2 Å². The van der Waals surface area contributed by atoms with Crippen molar-refractivity contribution in [3.05, 3.63) is 36.4 Å². The van der Waals surface area contributed by atoms with E-state index < -0.39 is 71.8 Å². The van der Waals surface area contributed by atoms with Gasteiger partial charge in [-0.3, -0.25) is 29.0 Å². The van der Waals surface area contributed by atoms with Crippen molar-refractivity contribution < 1.29 is 33.9 Å². The summed E-state index contributed by atoms with van der Waals surface area (Å²) in [5, 5.41) is 17.9. The number of aliphatic carboxylic acids is 1. The predicted octanol–water partition coefficient (Wildman–Crippen LogP) is -2.13. The van der Waals surface area contributed by atoms with E-state index >= 15 is 0 Å². The quantitative estimate of drug-likeness (QED) is 0.0422. The average molecular weight is 756 g/mol. The molecule has 6 atom stereocenters. The van der Waals surface area contributed by atoms with Crippen LogP contribution < -0.4 is 33.2 Å². The zero-order valence-corrected chi connectivity index (χ0v) is 30.7. The van der Waals surface area contributed by atoms with E-state index in [0.29, 0.717) is 50.0 Å². The van der Waals surface area contributed by atoms with Gasteiger partial charge in [0.2, 0.25) is 29.5 Å². The van der Waals surface area contributed by atoms with Gasteiger partial charge in [-0.05, 0) is 50.9 Å². The Bertz CT molecular complexity index is 1610. The Morgan fingerprint density at radius 3 is 1.93 bits per heavy atom. The van der Waals surface area contributed by atoms with Crippen molar-refractivity contribution >= 4 is 41.5 Å². The Kier molecular flexibility index (Phi) is 14.9. The molecular formula is C34H53N13O7. The second-order valence-electron chi connectivity index (χ2n) is 14.1. The fraction of sp³-hybridized carbons (Fsp3) is 0.618. The van der Waals surface area contributed by atoms with Crippen LogP contribution in [-0.2, 0) is 41.6 Å². The van der Waals surface area contributed by atoms with E-state index in [9.17, 15) is 33.9 Å². The molecule has 2 saturated heterocycles. The Labute approximate surface area is 312 Å². The summed E-state index contributed by atoms with van der Waals surface area (Å²) in [6.45, 7) is 4.50. The molecule has 0 radical (unpaired) electrons. The van der Waals surface area contributed by atoms with Crippen LogP contribution in [0.25, 0.3) is 0 Å². The van der Waals surface area contributed by atoms with E-state index in [0.717, 1.165) is 0 Å². The van der Waals surface area contributed by atoms with E-state index in [1.54, 1.807) is 6.20 Å². The topological polar surface area (TPSA) is 313 Å². The number of rotatable bonds is 19. The highest BCUT2D eigenvalue weighted by Gasteiger charge is 2.41. The van der Waals surface area contributed by atoms with Gasteiger partial charge in [0.05, 0.1) is 18.7 Å². The number of hydrogen-bond acceptors (Lipinski definition) is 10. The minimum atomic E-state index is -1.23. The SMILES string of the molecule is CC(C)C[C@H](NC(=O)[C@H](Cc1cnc[nH]1)NC(=O)[C@@H]1CCCN1C(=O)[C@@H](N)Cc1cnc[nH]1)C(=O)N1CCC[C@H]1C(=O)N[C@@H](CCCN=C(N)N)C(=O)O. The molecule has 20 heteroatoms. The first kappa shape index (κ1) is 41.2. The Morgan fingerprint density at radius 1 is 0.852 bits per heavy atom. The Morgan fingerprint density at radius 2 is 1.41 bits per heavy atom. The largest absolute Gasteiger partial charge is 0.480 e. The number of nitrogens with two attached hydrogens (primary N) is 3. The van der Waals surface area contributed by atoms with Gasteiger partial charge >= 0.3 is 5.97 Å². The molecule has 12 N–H and O–H groups in total. The van der Waals surface area contributed by atoms with Crippen molar-refractivity contribution in [2.45, 2.75) is 108 Å². The second kappa shape index (κ2) is 19.5. The molecule has 54 heavy (non-hydrogen) atoms. The Balaban J connectivity index is 1.46. The third-order valence-corrected chi connectivity index (χ3v) is 9.48. The maximum atomic E-state index is 14.1. The number of carbonyl (C=O) groups is 6. The van der Waals surface area contributed by atoms with Crippen LogP contribution in [0.1, 0.15) is 70.2 Å². The highest BCUT2D eigenvalue weighted by atomic mass is 16.4. The van der Waals surface area contributed by atoms with Crippen LogP contribution in [0.2, 0.25) is 0 Å². The van der Waals surface area contributed by atoms with Crippen molar-refractivity contribution in [2.75, 3.05) is 19.6 Å². The van der Waals surface area contributed by atoms with Gasteiger partial charge in [-0.15, -0.1) is 0 Å². The molecule has 0 bridgehead atoms. The molecule has 2 aliphatic rings. The number of likely N-dealkylation sites (tertiary alicyclic amines) is 2. The zero-order chi connectivity index (χ0) is 39.4. The van der Waals surface area contributed by atoms with E-state index in [2.05, 4.69) is 40.9 Å². The van der Waals surface area contributed by atoms with Crippen molar-refractivity contribution in [3.63, 3.8) is 0 Å². The maximum Gasteiger partial charge on any atom is 0.326 e. The first-order valence-electron chi connectivity index (χ1n) is 18.3. The van der Waals surface area contributed by atoms with Crippen LogP contribution in [0.4, 0.5) is 0 Å². The number of hydrogen-bond donors (Lipinski definition) is 9. The normalized spacial score (nSPS) is 19.1. The molecule has 5 amide bonds. The van der Waals surface area contributed by atoms with Gasteiger partial charge < -0.3 is 58.0 Å². The standard InChI is InChI=1S/C34H53N13O7/c1-19(2)12-25(32(52)47-11-5-8-27(47)29(49)43-23(33(53)54)6-3-9-40-34(36)37)45-28(48)24(14-21-16-39-18-42-21)44-30(50)26-7-4-10-46(26)31(51)22(35)13-20-15-38-17-41-20/h15-19,22-27H,3-14,35H2,1-2H3,(H,38,41)(H,39,42)(H,43,49)(H,44,50)(H,45,48)(H,53,54)(H4,36,37,40)/t22-,23-,24-,25-,26-,27-/m0/s1. The molecule has 0 aromatic carbocycles. The molecule has 20 nitrogen and oxygen atoms in total. The summed E-state index contributed by atoms with van der Waals surface area (Å²) in [6, 6.07) is -6.17. The van der Waals surface area contributed by atoms with Crippen LogP contribution in [0, 0.1) is 5.92 Å².